The summed E-state index contributed by atoms with van der Waals surface area (Å²) in [4.78, 5) is 31.2. The summed E-state index contributed by atoms with van der Waals surface area (Å²) in [5.74, 6) is -0.0940. The molecule has 2 aromatic heterocycles. The van der Waals surface area contributed by atoms with Crippen molar-refractivity contribution >= 4 is 34.4 Å². The van der Waals surface area contributed by atoms with Crippen LogP contribution in [0.5, 0.6) is 0 Å². The lowest BCUT2D eigenvalue weighted by atomic mass is 9.88. The number of amides is 2. The normalized spacial score (nSPS) is 18.0. The van der Waals surface area contributed by atoms with E-state index < -0.39 is 0 Å². The number of nitriles is 1. The molecule has 1 aliphatic heterocycles. The second-order valence-corrected chi connectivity index (χ2v) is 8.98. The fraction of sp³-hybridized carbons (Fsp3) is 0.391. The van der Waals surface area contributed by atoms with E-state index in [9.17, 15) is 14.9 Å². The van der Waals surface area contributed by atoms with E-state index >= 15 is 0 Å². The van der Waals surface area contributed by atoms with Crippen LogP contribution in [0, 0.1) is 17.2 Å². The van der Waals surface area contributed by atoms with E-state index in [0.717, 1.165) is 35.3 Å². The van der Waals surface area contributed by atoms with Crippen LogP contribution in [0.3, 0.4) is 0 Å². The Kier molecular flexibility index (Phi) is 6.83. The van der Waals surface area contributed by atoms with Gasteiger partial charge in [-0.25, -0.2) is 4.79 Å². The first kappa shape index (κ1) is 22.0. The zero-order chi connectivity index (χ0) is 22.5. The first-order chi connectivity index (χ1) is 15.6. The highest BCUT2D eigenvalue weighted by molar-refractivity contribution is 7.16. The molecule has 3 heterocycles. The Morgan fingerprint density at radius 1 is 1.44 bits per heavy atom. The molecule has 8 nitrogen and oxygen atoms in total. The maximum absolute atomic E-state index is 12.4. The number of methoxy groups -OCH3 is 1. The summed E-state index contributed by atoms with van der Waals surface area (Å²) in [5, 5.41) is 13.1. The molecule has 32 heavy (non-hydrogen) atoms. The van der Waals surface area contributed by atoms with Crippen LogP contribution in [0.15, 0.2) is 30.6 Å². The van der Waals surface area contributed by atoms with E-state index in [-0.39, 0.29) is 24.0 Å². The highest BCUT2D eigenvalue weighted by Crippen LogP contribution is 2.39. The molecule has 0 aromatic carbocycles. The number of carbonyl (C=O) groups excluding carboxylic acids is 2. The van der Waals surface area contributed by atoms with Gasteiger partial charge in [-0.05, 0) is 48.4 Å². The van der Waals surface area contributed by atoms with E-state index in [1.54, 1.807) is 36.5 Å². The third-order valence-electron chi connectivity index (χ3n) is 5.71. The van der Waals surface area contributed by atoms with Crippen LogP contribution in [-0.2, 0) is 27.1 Å². The Balaban J connectivity index is 1.34. The Labute approximate surface area is 190 Å². The van der Waals surface area contributed by atoms with Crippen molar-refractivity contribution in [3.05, 3.63) is 52.2 Å². The molecule has 1 atom stereocenters. The Bertz CT molecular complexity index is 1050. The van der Waals surface area contributed by atoms with Gasteiger partial charge in [-0.3, -0.25) is 9.78 Å². The average Bonchev–Trinajstić information content (AvgIpc) is 3.12. The SMILES string of the molecule is COC1CN(C(=O)OCC2CCc3c(sc(NC(=O)C=Cc4cccnc4)c3C#N)C2)C1. The van der Waals surface area contributed by atoms with Crippen LogP contribution in [-0.4, -0.2) is 54.8 Å². The fourth-order valence-electron chi connectivity index (χ4n) is 3.82. The van der Waals surface area contributed by atoms with Gasteiger partial charge in [-0.15, -0.1) is 11.3 Å². The van der Waals surface area contributed by atoms with Gasteiger partial charge in [0.05, 0.1) is 31.4 Å². The lowest BCUT2D eigenvalue weighted by Crippen LogP contribution is -2.54. The summed E-state index contributed by atoms with van der Waals surface area (Å²) in [6.45, 7) is 1.49. The van der Waals surface area contributed by atoms with Gasteiger partial charge in [0.2, 0.25) is 5.91 Å². The molecule has 4 rings (SSSR count). The molecule has 0 saturated carbocycles. The van der Waals surface area contributed by atoms with E-state index in [4.69, 9.17) is 9.47 Å². The quantitative estimate of drug-likeness (QED) is 0.675. The van der Waals surface area contributed by atoms with Gasteiger partial charge in [0.25, 0.3) is 0 Å². The Hall–Kier alpha value is -3.22. The predicted molar refractivity (Wildman–Crippen MR) is 120 cm³/mol. The minimum Gasteiger partial charge on any atom is -0.449 e. The van der Waals surface area contributed by atoms with Crippen LogP contribution >= 0.6 is 11.3 Å². The number of rotatable bonds is 6. The maximum Gasteiger partial charge on any atom is 0.409 e. The minimum atomic E-state index is -0.304. The number of pyridine rings is 1. The lowest BCUT2D eigenvalue weighted by Gasteiger charge is -2.37. The number of ether oxygens (including phenoxy) is 2. The van der Waals surface area contributed by atoms with E-state index in [1.165, 1.54) is 17.4 Å². The molecule has 2 aliphatic rings. The lowest BCUT2D eigenvalue weighted by molar-refractivity contribution is -0.111. The standard InChI is InChI=1S/C23H24N4O4S/c1-30-17-12-27(13-17)23(29)31-14-16-4-6-18-19(10-24)22(32-20(18)9-16)26-21(28)7-5-15-3-2-8-25-11-15/h2-3,5,7-8,11,16-17H,4,6,9,12-14H2,1H3,(H,26,28). The van der Waals surface area contributed by atoms with Crippen LogP contribution in [0.1, 0.15) is 28.0 Å². The third kappa shape index (κ3) is 4.98. The molecule has 2 amide bonds. The van der Waals surface area contributed by atoms with Crippen molar-refractivity contribution in [2.45, 2.75) is 25.4 Å². The van der Waals surface area contributed by atoms with Crippen LogP contribution in [0.25, 0.3) is 6.08 Å². The summed E-state index contributed by atoms with van der Waals surface area (Å²) in [6.07, 6.45) is 8.53. The van der Waals surface area contributed by atoms with E-state index in [0.29, 0.717) is 30.3 Å². The molecule has 2 aromatic rings. The monoisotopic (exact) mass is 452 g/mol. The summed E-state index contributed by atoms with van der Waals surface area (Å²) in [7, 11) is 1.64. The van der Waals surface area contributed by atoms with Crippen LogP contribution < -0.4 is 5.32 Å². The molecule has 1 unspecified atom stereocenters. The molecule has 0 spiro atoms. The van der Waals surface area contributed by atoms with Gasteiger partial charge in [0, 0.05) is 30.5 Å². The van der Waals surface area contributed by atoms with Gasteiger partial charge in [0.1, 0.15) is 11.1 Å². The molecule has 1 N–H and O–H groups in total. The summed E-state index contributed by atoms with van der Waals surface area (Å²) in [5.41, 5.74) is 2.36. The fourth-order valence-corrected chi connectivity index (χ4v) is 5.13. The zero-order valence-electron chi connectivity index (χ0n) is 17.7. The number of anilines is 1. The van der Waals surface area contributed by atoms with Gasteiger partial charge < -0.3 is 19.7 Å². The van der Waals surface area contributed by atoms with Crippen LogP contribution in [0.4, 0.5) is 9.80 Å². The molecule has 1 fully saturated rings. The molecule has 0 radical (unpaired) electrons. The topological polar surface area (TPSA) is 105 Å². The number of aromatic nitrogens is 1. The van der Waals surface area contributed by atoms with Crippen molar-refractivity contribution < 1.29 is 19.1 Å². The smallest absolute Gasteiger partial charge is 0.409 e. The van der Waals surface area contributed by atoms with Gasteiger partial charge in [0.15, 0.2) is 0 Å². The number of fused-ring (bicyclic) bond motifs is 1. The van der Waals surface area contributed by atoms with Gasteiger partial charge >= 0.3 is 6.09 Å². The van der Waals surface area contributed by atoms with Crippen molar-refractivity contribution in [1.82, 2.24) is 9.88 Å². The second-order valence-electron chi connectivity index (χ2n) is 7.88. The molecule has 166 valence electrons. The number of hydrogen-bond acceptors (Lipinski definition) is 7. The average molecular weight is 453 g/mol. The maximum atomic E-state index is 12.4. The van der Waals surface area contributed by atoms with E-state index in [1.807, 2.05) is 6.07 Å². The van der Waals surface area contributed by atoms with Gasteiger partial charge in [-0.1, -0.05) is 6.07 Å². The second kappa shape index (κ2) is 9.94. The van der Waals surface area contributed by atoms with Crippen molar-refractivity contribution in [3.63, 3.8) is 0 Å². The number of nitrogens with zero attached hydrogens (tertiary/aromatic N) is 3. The highest BCUT2D eigenvalue weighted by atomic mass is 32.1. The van der Waals surface area contributed by atoms with Gasteiger partial charge in [-0.2, -0.15) is 5.26 Å². The highest BCUT2D eigenvalue weighted by Gasteiger charge is 2.33. The first-order valence-corrected chi connectivity index (χ1v) is 11.3. The predicted octanol–water partition coefficient (Wildman–Crippen LogP) is 3.24. The molecule has 0 bridgehead atoms. The third-order valence-corrected chi connectivity index (χ3v) is 6.88. The first-order valence-electron chi connectivity index (χ1n) is 10.5. The molecule has 1 aliphatic carbocycles. The summed E-state index contributed by atoms with van der Waals surface area (Å²) >= 11 is 1.43. The molecular formula is C23H24N4O4S. The Morgan fingerprint density at radius 2 is 2.28 bits per heavy atom. The number of hydrogen-bond donors (Lipinski definition) is 1. The Morgan fingerprint density at radius 3 is 3.00 bits per heavy atom. The molecule has 9 heteroatoms. The summed E-state index contributed by atoms with van der Waals surface area (Å²) in [6, 6.07) is 5.90. The van der Waals surface area contributed by atoms with Crippen molar-refractivity contribution in [1.29, 1.82) is 5.26 Å². The minimum absolute atomic E-state index is 0.100. The van der Waals surface area contributed by atoms with Crippen molar-refractivity contribution in [2.24, 2.45) is 5.92 Å². The van der Waals surface area contributed by atoms with Crippen LogP contribution in [0.2, 0.25) is 0 Å². The summed E-state index contributed by atoms with van der Waals surface area (Å²) < 4.78 is 10.7. The largest absolute Gasteiger partial charge is 0.449 e. The number of nitrogens with one attached hydrogen (secondary N) is 1. The molecule has 1 saturated heterocycles. The number of thiophene rings is 1. The van der Waals surface area contributed by atoms with Crippen molar-refractivity contribution in [3.8, 4) is 6.07 Å². The van der Waals surface area contributed by atoms with Crippen molar-refractivity contribution in [2.75, 3.05) is 32.1 Å². The molecular weight excluding hydrogens is 428 g/mol. The number of likely N-dealkylation sites (tertiary alicyclic amines) is 1. The number of carbonyl (C=O) groups is 2. The van der Waals surface area contributed by atoms with E-state index in [2.05, 4.69) is 16.4 Å². The zero-order valence-corrected chi connectivity index (χ0v) is 18.6.